The van der Waals surface area contributed by atoms with Crippen LogP contribution in [0.1, 0.15) is 38.2 Å². The predicted octanol–water partition coefficient (Wildman–Crippen LogP) is 3.46. The molecule has 0 atom stereocenters. The van der Waals surface area contributed by atoms with Crippen LogP contribution in [0.15, 0.2) is 18.2 Å². The Labute approximate surface area is 168 Å². The molecule has 6 nitrogen and oxygen atoms in total. The SMILES string of the molecule is CC1(C)OB(c2ccc3c(c2)c(C=O)nn3COCC[Si](C)(C)C)OC1(C)C. The van der Waals surface area contributed by atoms with E-state index in [9.17, 15) is 4.79 Å². The van der Waals surface area contributed by atoms with Crippen LogP contribution in [0.2, 0.25) is 25.7 Å². The number of ether oxygens (including phenoxy) is 1. The van der Waals surface area contributed by atoms with Gasteiger partial charge in [0.05, 0.1) is 16.7 Å². The van der Waals surface area contributed by atoms with Crippen molar-refractivity contribution >= 4 is 37.8 Å². The van der Waals surface area contributed by atoms with Crippen molar-refractivity contribution in [3.63, 3.8) is 0 Å². The number of aromatic nitrogens is 2. The summed E-state index contributed by atoms with van der Waals surface area (Å²) in [6.45, 7) is 16.1. The molecule has 0 aliphatic carbocycles. The van der Waals surface area contributed by atoms with Crippen LogP contribution in [0.3, 0.4) is 0 Å². The highest BCUT2D eigenvalue weighted by Gasteiger charge is 2.51. The minimum absolute atomic E-state index is 0.338. The number of aldehydes is 1. The van der Waals surface area contributed by atoms with Gasteiger partial charge in [-0.1, -0.05) is 31.8 Å². The van der Waals surface area contributed by atoms with Crippen molar-refractivity contribution in [2.24, 2.45) is 0 Å². The molecule has 28 heavy (non-hydrogen) atoms. The van der Waals surface area contributed by atoms with E-state index < -0.39 is 26.4 Å². The fraction of sp³-hybridized carbons (Fsp3) is 0.600. The summed E-state index contributed by atoms with van der Waals surface area (Å²) < 4.78 is 19.8. The lowest BCUT2D eigenvalue weighted by Crippen LogP contribution is -2.41. The molecule has 1 aliphatic heterocycles. The summed E-state index contributed by atoms with van der Waals surface area (Å²) in [5.41, 5.74) is 1.34. The highest BCUT2D eigenvalue weighted by molar-refractivity contribution is 6.76. The van der Waals surface area contributed by atoms with Gasteiger partial charge in [-0.3, -0.25) is 4.79 Å². The molecular formula is C20H31BN2O4Si. The molecule has 0 radical (unpaired) electrons. The Morgan fingerprint density at radius 2 is 1.82 bits per heavy atom. The predicted molar refractivity (Wildman–Crippen MR) is 115 cm³/mol. The van der Waals surface area contributed by atoms with Crippen molar-refractivity contribution in [3.8, 4) is 0 Å². The van der Waals surface area contributed by atoms with E-state index in [1.165, 1.54) is 0 Å². The lowest BCUT2D eigenvalue weighted by molar-refractivity contribution is 0.00578. The van der Waals surface area contributed by atoms with Crippen LogP contribution in [-0.4, -0.2) is 49.1 Å². The molecule has 0 unspecified atom stereocenters. The van der Waals surface area contributed by atoms with E-state index in [2.05, 4.69) is 24.7 Å². The van der Waals surface area contributed by atoms with Crippen LogP contribution < -0.4 is 5.46 Å². The second-order valence-corrected chi connectivity index (χ2v) is 15.3. The zero-order valence-corrected chi connectivity index (χ0v) is 19.0. The zero-order valence-electron chi connectivity index (χ0n) is 18.0. The maximum absolute atomic E-state index is 11.6. The molecule has 0 N–H and O–H groups in total. The fourth-order valence-electron chi connectivity index (χ4n) is 3.06. The first-order valence-corrected chi connectivity index (χ1v) is 13.5. The van der Waals surface area contributed by atoms with Gasteiger partial charge in [-0.2, -0.15) is 5.10 Å². The van der Waals surface area contributed by atoms with Crippen molar-refractivity contribution in [3.05, 3.63) is 23.9 Å². The lowest BCUT2D eigenvalue weighted by Gasteiger charge is -2.32. The summed E-state index contributed by atoms with van der Waals surface area (Å²) in [6, 6.07) is 6.96. The largest absolute Gasteiger partial charge is 0.494 e. The van der Waals surface area contributed by atoms with Gasteiger partial charge < -0.3 is 14.0 Å². The normalized spacial score (nSPS) is 18.8. The molecule has 0 bridgehead atoms. The van der Waals surface area contributed by atoms with Gasteiger partial charge in [0.2, 0.25) is 0 Å². The second-order valence-electron chi connectivity index (χ2n) is 9.72. The van der Waals surface area contributed by atoms with Crippen LogP contribution in [0.4, 0.5) is 0 Å². The minimum Gasteiger partial charge on any atom is -0.399 e. The third-order valence-electron chi connectivity index (χ3n) is 5.65. The van der Waals surface area contributed by atoms with Crippen molar-refractivity contribution in [1.82, 2.24) is 9.78 Å². The second kappa shape index (κ2) is 7.41. The van der Waals surface area contributed by atoms with Crippen molar-refractivity contribution in [2.45, 2.75) is 71.3 Å². The van der Waals surface area contributed by atoms with E-state index in [4.69, 9.17) is 14.0 Å². The summed E-state index contributed by atoms with van der Waals surface area (Å²) >= 11 is 0. The van der Waals surface area contributed by atoms with Gasteiger partial charge in [-0.25, -0.2) is 4.68 Å². The Kier molecular flexibility index (Phi) is 5.62. The topological polar surface area (TPSA) is 62.6 Å². The first-order valence-electron chi connectivity index (χ1n) is 9.83. The van der Waals surface area contributed by atoms with Gasteiger partial charge in [0.15, 0.2) is 6.29 Å². The van der Waals surface area contributed by atoms with Crippen molar-refractivity contribution in [2.75, 3.05) is 6.61 Å². The lowest BCUT2D eigenvalue weighted by atomic mass is 9.78. The van der Waals surface area contributed by atoms with E-state index in [0.717, 1.165) is 28.7 Å². The maximum atomic E-state index is 11.6. The van der Waals surface area contributed by atoms with Crippen LogP contribution in [0.25, 0.3) is 10.9 Å². The molecule has 0 saturated carbocycles. The van der Waals surface area contributed by atoms with Crippen LogP contribution in [0.5, 0.6) is 0 Å². The molecule has 2 aromatic rings. The number of fused-ring (bicyclic) bond motifs is 1. The standard InChI is InChI=1S/C20H31BN2O4Si/c1-19(2)20(3,4)27-21(26-19)15-8-9-18-16(12-15)17(13-24)22-23(18)14-25-10-11-28(5,6)7/h8-9,12-13H,10-11,14H2,1-7H3. The third-order valence-corrected chi connectivity index (χ3v) is 7.35. The van der Waals surface area contributed by atoms with Crippen molar-refractivity contribution < 1.29 is 18.8 Å². The summed E-state index contributed by atoms with van der Waals surface area (Å²) in [4.78, 5) is 11.6. The first-order chi connectivity index (χ1) is 12.9. The highest BCUT2D eigenvalue weighted by Crippen LogP contribution is 2.36. The molecular weight excluding hydrogens is 371 g/mol. The van der Waals surface area contributed by atoms with E-state index in [-0.39, 0.29) is 0 Å². The number of carbonyl (C=O) groups is 1. The molecule has 1 fully saturated rings. The number of carbonyl (C=O) groups excluding carboxylic acids is 1. The average molecular weight is 402 g/mol. The molecule has 1 aliphatic rings. The van der Waals surface area contributed by atoms with Gasteiger partial charge in [-0.05, 0) is 45.3 Å². The first kappa shape index (κ1) is 21.2. The summed E-state index contributed by atoms with van der Waals surface area (Å²) in [6.07, 6.45) is 0.787. The van der Waals surface area contributed by atoms with Gasteiger partial charge in [0, 0.05) is 20.1 Å². The molecule has 0 amide bonds. The average Bonchev–Trinajstić information content (AvgIpc) is 3.04. The minimum atomic E-state index is -1.14. The van der Waals surface area contributed by atoms with Crippen LogP contribution in [-0.2, 0) is 20.8 Å². The summed E-state index contributed by atoms with van der Waals surface area (Å²) in [5, 5.41) is 5.21. The summed E-state index contributed by atoms with van der Waals surface area (Å²) in [7, 11) is -1.60. The molecule has 1 aromatic heterocycles. The highest BCUT2D eigenvalue weighted by atomic mass is 28.3. The van der Waals surface area contributed by atoms with E-state index in [1.807, 2.05) is 45.9 Å². The Bertz CT molecular complexity index is 857. The van der Waals surface area contributed by atoms with Gasteiger partial charge in [0.25, 0.3) is 0 Å². The third kappa shape index (κ3) is 4.25. The number of hydrogen-bond acceptors (Lipinski definition) is 5. The number of benzene rings is 1. The number of nitrogens with zero attached hydrogens (tertiary/aromatic N) is 2. The molecule has 2 heterocycles. The molecule has 0 spiro atoms. The Morgan fingerprint density at radius 3 is 2.39 bits per heavy atom. The Hall–Kier alpha value is -1.48. The van der Waals surface area contributed by atoms with Crippen LogP contribution >= 0.6 is 0 Å². The Morgan fingerprint density at radius 1 is 1.18 bits per heavy atom. The Balaban J connectivity index is 1.82. The quantitative estimate of drug-likeness (QED) is 0.403. The zero-order chi connectivity index (χ0) is 20.7. The van der Waals surface area contributed by atoms with Crippen LogP contribution in [0, 0.1) is 0 Å². The van der Waals surface area contributed by atoms with Crippen molar-refractivity contribution in [1.29, 1.82) is 0 Å². The van der Waals surface area contributed by atoms with E-state index >= 15 is 0 Å². The smallest absolute Gasteiger partial charge is 0.399 e. The fourth-order valence-corrected chi connectivity index (χ4v) is 3.82. The van der Waals surface area contributed by atoms with E-state index in [1.54, 1.807) is 4.68 Å². The van der Waals surface area contributed by atoms with Gasteiger partial charge in [0.1, 0.15) is 12.4 Å². The monoisotopic (exact) mass is 402 g/mol. The summed E-state index contributed by atoms with van der Waals surface area (Å²) in [5.74, 6) is 0. The molecule has 8 heteroatoms. The number of hydrogen-bond donors (Lipinski definition) is 0. The number of rotatable bonds is 7. The molecule has 152 valence electrons. The van der Waals surface area contributed by atoms with E-state index in [0.29, 0.717) is 19.0 Å². The van der Waals surface area contributed by atoms with Gasteiger partial charge >= 0.3 is 7.12 Å². The maximum Gasteiger partial charge on any atom is 0.494 e. The van der Waals surface area contributed by atoms with Gasteiger partial charge in [-0.15, -0.1) is 0 Å². The molecule has 1 aromatic carbocycles. The molecule has 3 rings (SSSR count). The molecule has 1 saturated heterocycles.